The summed E-state index contributed by atoms with van der Waals surface area (Å²) in [6.07, 6.45) is 2.54. The van der Waals surface area contributed by atoms with Crippen molar-refractivity contribution in [2.24, 2.45) is 11.3 Å². The maximum atomic E-state index is 13.1. The monoisotopic (exact) mass is 427 g/mol. The fourth-order valence-electron chi connectivity index (χ4n) is 4.63. The van der Waals surface area contributed by atoms with Gasteiger partial charge in [-0.15, -0.1) is 11.3 Å². The van der Waals surface area contributed by atoms with E-state index >= 15 is 0 Å². The number of amides is 3. The molecule has 5 nitrogen and oxygen atoms in total. The van der Waals surface area contributed by atoms with E-state index in [0.29, 0.717) is 25.6 Å². The highest BCUT2D eigenvalue weighted by molar-refractivity contribution is 9.11. The summed E-state index contributed by atoms with van der Waals surface area (Å²) in [4.78, 5) is 30.2. The average molecular weight is 428 g/mol. The predicted molar refractivity (Wildman–Crippen MR) is 103 cm³/mol. The molecule has 25 heavy (non-hydrogen) atoms. The minimum atomic E-state index is -0.717. The first-order chi connectivity index (χ1) is 11.6. The minimum absolute atomic E-state index is 0.0589. The lowest BCUT2D eigenvalue weighted by atomic mass is 9.64. The van der Waals surface area contributed by atoms with Crippen LogP contribution in [0.2, 0.25) is 0 Å². The first-order valence-electron chi connectivity index (χ1n) is 8.67. The lowest BCUT2D eigenvalue weighted by Gasteiger charge is -2.43. The third-order valence-corrected chi connectivity index (χ3v) is 6.67. The molecule has 1 aromatic rings. The first kappa shape index (κ1) is 18.9. The normalized spacial score (nSPS) is 28.9. The Kier molecular flexibility index (Phi) is 5.03. The van der Waals surface area contributed by atoms with Crippen molar-refractivity contribution in [3.8, 4) is 0 Å². The molecule has 2 aliphatic rings. The molecule has 1 aliphatic heterocycles. The summed E-state index contributed by atoms with van der Waals surface area (Å²) in [5, 5.41) is 3.03. The van der Waals surface area contributed by atoms with E-state index in [9.17, 15) is 9.59 Å². The second kappa shape index (κ2) is 6.67. The van der Waals surface area contributed by atoms with Gasteiger partial charge in [-0.1, -0.05) is 20.8 Å². The summed E-state index contributed by atoms with van der Waals surface area (Å²) in [6.45, 7) is 7.57. The fraction of sp³-hybridized carbons (Fsp3) is 0.667. The van der Waals surface area contributed by atoms with Gasteiger partial charge in [-0.2, -0.15) is 0 Å². The number of urea groups is 1. The van der Waals surface area contributed by atoms with E-state index in [4.69, 9.17) is 0 Å². The Balaban J connectivity index is 1.71. The summed E-state index contributed by atoms with van der Waals surface area (Å²) in [7, 11) is 1.94. The van der Waals surface area contributed by atoms with Crippen molar-refractivity contribution in [3.63, 3.8) is 0 Å². The van der Waals surface area contributed by atoms with Crippen molar-refractivity contribution in [3.05, 3.63) is 20.8 Å². The summed E-state index contributed by atoms with van der Waals surface area (Å²) in [6, 6.07) is 3.82. The molecule has 1 N–H and O–H groups in total. The lowest BCUT2D eigenvalue weighted by Crippen LogP contribution is -2.54. The molecule has 1 spiro atoms. The van der Waals surface area contributed by atoms with Gasteiger partial charge in [0.25, 0.3) is 5.91 Å². The Morgan fingerprint density at radius 2 is 2.08 bits per heavy atom. The van der Waals surface area contributed by atoms with Gasteiger partial charge in [0.05, 0.1) is 10.5 Å². The third kappa shape index (κ3) is 3.93. The summed E-state index contributed by atoms with van der Waals surface area (Å²) < 4.78 is 1.09. The summed E-state index contributed by atoms with van der Waals surface area (Å²) in [5.74, 6) is 0.366. The number of halogens is 1. The van der Waals surface area contributed by atoms with E-state index in [-0.39, 0.29) is 17.4 Å². The fourth-order valence-corrected chi connectivity index (χ4v) is 6.19. The molecule has 1 saturated carbocycles. The third-order valence-electron chi connectivity index (χ3n) is 5.06. The second-order valence-electron chi connectivity index (χ2n) is 8.46. The number of carbonyl (C=O) groups excluding carboxylic acids is 2. The van der Waals surface area contributed by atoms with E-state index in [1.54, 1.807) is 11.3 Å². The largest absolute Gasteiger partial charge is 0.326 e. The molecule has 2 heterocycles. The van der Waals surface area contributed by atoms with Crippen LogP contribution in [0.25, 0.3) is 0 Å². The molecule has 0 bridgehead atoms. The lowest BCUT2D eigenvalue weighted by molar-refractivity contribution is -0.136. The van der Waals surface area contributed by atoms with Gasteiger partial charge in [-0.3, -0.25) is 9.69 Å². The molecule has 2 atom stereocenters. The van der Waals surface area contributed by atoms with Gasteiger partial charge in [0.15, 0.2) is 0 Å². The predicted octanol–water partition coefficient (Wildman–Crippen LogP) is 4.04. The Hall–Kier alpha value is -0.920. The van der Waals surface area contributed by atoms with Crippen molar-refractivity contribution in [2.75, 3.05) is 13.7 Å². The van der Waals surface area contributed by atoms with E-state index < -0.39 is 5.54 Å². The molecule has 1 aromatic heterocycles. The Morgan fingerprint density at radius 3 is 2.68 bits per heavy atom. The van der Waals surface area contributed by atoms with Crippen LogP contribution in [0, 0.1) is 11.3 Å². The maximum absolute atomic E-state index is 13.1. The number of nitrogens with zero attached hydrogens (tertiary/aromatic N) is 2. The SMILES string of the molecule is CC1CC(C)(C)CC2(C1)NC(=O)N(CN(C)Cc1ccc(Br)s1)C2=O. The second-order valence-corrected chi connectivity index (χ2v) is 11.0. The number of hydrogen-bond donors (Lipinski definition) is 1. The van der Waals surface area contributed by atoms with Crippen LogP contribution in [0.4, 0.5) is 4.79 Å². The molecule has 0 radical (unpaired) electrons. The number of thiophene rings is 1. The van der Waals surface area contributed by atoms with Crippen LogP contribution in [-0.2, 0) is 11.3 Å². The topological polar surface area (TPSA) is 52.7 Å². The maximum Gasteiger partial charge on any atom is 0.326 e. The summed E-state index contributed by atoms with van der Waals surface area (Å²) in [5.41, 5.74) is -0.656. The number of nitrogens with one attached hydrogen (secondary N) is 1. The smallest absolute Gasteiger partial charge is 0.323 e. The molecular weight excluding hydrogens is 402 g/mol. The molecule has 138 valence electrons. The first-order valence-corrected chi connectivity index (χ1v) is 10.3. The van der Waals surface area contributed by atoms with Gasteiger partial charge < -0.3 is 5.32 Å². The molecule has 0 aromatic carbocycles. The molecule has 3 amide bonds. The number of imide groups is 1. The molecule has 3 rings (SSSR count). The number of carbonyl (C=O) groups is 2. The highest BCUT2D eigenvalue weighted by Gasteiger charge is 2.56. The highest BCUT2D eigenvalue weighted by Crippen LogP contribution is 2.46. The van der Waals surface area contributed by atoms with Crippen LogP contribution < -0.4 is 5.32 Å². The van der Waals surface area contributed by atoms with Crippen LogP contribution in [0.3, 0.4) is 0 Å². The highest BCUT2D eigenvalue weighted by atomic mass is 79.9. The van der Waals surface area contributed by atoms with Gasteiger partial charge in [0.2, 0.25) is 0 Å². The molecule has 2 fully saturated rings. The van der Waals surface area contributed by atoms with Crippen LogP contribution in [0.15, 0.2) is 15.9 Å². The van der Waals surface area contributed by atoms with Crippen LogP contribution >= 0.6 is 27.3 Å². The molecule has 1 aliphatic carbocycles. The van der Waals surface area contributed by atoms with Crippen LogP contribution in [0.1, 0.15) is 44.9 Å². The van der Waals surface area contributed by atoms with Crippen molar-refractivity contribution in [1.29, 1.82) is 0 Å². The Labute approximate surface area is 161 Å². The van der Waals surface area contributed by atoms with Crippen molar-refractivity contribution in [1.82, 2.24) is 15.1 Å². The Bertz CT molecular complexity index is 690. The van der Waals surface area contributed by atoms with Gasteiger partial charge in [0, 0.05) is 11.4 Å². The van der Waals surface area contributed by atoms with Gasteiger partial charge in [-0.05, 0) is 65.7 Å². The molecule has 7 heteroatoms. The quantitative estimate of drug-likeness (QED) is 0.737. The molecule has 2 unspecified atom stereocenters. The van der Waals surface area contributed by atoms with E-state index in [0.717, 1.165) is 16.6 Å². The van der Waals surface area contributed by atoms with E-state index in [2.05, 4.69) is 48.1 Å². The van der Waals surface area contributed by atoms with Crippen molar-refractivity contribution in [2.45, 2.75) is 52.1 Å². The molecule has 1 saturated heterocycles. The van der Waals surface area contributed by atoms with Gasteiger partial charge in [-0.25, -0.2) is 9.69 Å². The number of rotatable bonds is 4. The zero-order valence-electron chi connectivity index (χ0n) is 15.3. The van der Waals surface area contributed by atoms with E-state index in [1.807, 2.05) is 18.0 Å². The van der Waals surface area contributed by atoms with Crippen molar-refractivity contribution >= 4 is 39.2 Å². The van der Waals surface area contributed by atoms with E-state index in [1.165, 1.54) is 9.78 Å². The van der Waals surface area contributed by atoms with Crippen LogP contribution in [0.5, 0.6) is 0 Å². The van der Waals surface area contributed by atoms with Gasteiger partial charge >= 0.3 is 6.03 Å². The standard InChI is InChI=1S/C18H26BrN3O2S/c1-12-7-17(2,3)10-18(8-12)15(23)22(16(24)20-18)11-21(4)9-13-5-6-14(19)25-13/h5-6,12H,7-11H2,1-4H3,(H,20,24). The van der Waals surface area contributed by atoms with Crippen LogP contribution in [-0.4, -0.2) is 41.0 Å². The minimum Gasteiger partial charge on any atom is -0.323 e. The number of hydrogen-bond acceptors (Lipinski definition) is 4. The Morgan fingerprint density at radius 1 is 1.36 bits per heavy atom. The zero-order valence-corrected chi connectivity index (χ0v) is 17.7. The molecular formula is C18H26BrN3O2S. The van der Waals surface area contributed by atoms with Gasteiger partial charge in [0.1, 0.15) is 5.54 Å². The zero-order chi connectivity index (χ0) is 18.4. The summed E-state index contributed by atoms with van der Waals surface area (Å²) >= 11 is 5.13. The average Bonchev–Trinajstić information content (AvgIpc) is 2.94. The van der Waals surface area contributed by atoms with Crippen molar-refractivity contribution < 1.29 is 9.59 Å².